The highest BCUT2D eigenvalue weighted by atomic mass is 32.2. The van der Waals surface area contributed by atoms with Crippen LogP contribution in [0.4, 0.5) is 0 Å². The molecule has 1 aliphatic carbocycles. The number of nitrogens with zero attached hydrogens (tertiary/aromatic N) is 1. The molecule has 2 aliphatic rings. The number of furan rings is 1. The van der Waals surface area contributed by atoms with Crippen molar-refractivity contribution in [2.45, 2.75) is 49.3 Å². The number of carbonyl (C=O) groups is 1. The molecular formula is C15H19NO2S2. The Kier molecular flexibility index (Phi) is 4.46. The molecule has 1 atom stereocenters. The van der Waals surface area contributed by atoms with Gasteiger partial charge in [0.15, 0.2) is 0 Å². The molecule has 3 nitrogen and oxygen atoms in total. The molecule has 1 aromatic heterocycles. The molecule has 20 heavy (non-hydrogen) atoms. The molecule has 1 amide bonds. The van der Waals surface area contributed by atoms with Gasteiger partial charge in [0.1, 0.15) is 10.5 Å². The van der Waals surface area contributed by atoms with Crippen LogP contribution in [0.25, 0.3) is 6.08 Å². The van der Waals surface area contributed by atoms with E-state index in [4.69, 9.17) is 4.42 Å². The summed E-state index contributed by atoms with van der Waals surface area (Å²) in [6, 6.07) is 4.04. The van der Waals surface area contributed by atoms with Crippen LogP contribution >= 0.6 is 24.4 Å². The van der Waals surface area contributed by atoms with Gasteiger partial charge in [0.05, 0.1) is 11.2 Å². The normalized spacial score (nSPS) is 27.2. The fourth-order valence-corrected chi connectivity index (χ4v) is 4.56. The van der Waals surface area contributed by atoms with Gasteiger partial charge in [-0.1, -0.05) is 37.4 Å². The molecule has 1 saturated carbocycles. The minimum atomic E-state index is -0.0631. The van der Waals surface area contributed by atoms with Gasteiger partial charge >= 0.3 is 0 Å². The van der Waals surface area contributed by atoms with Crippen molar-refractivity contribution in [3.05, 3.63) is 29.1 Å². The lowest BCUT2D eigenvalue weighted by Crippen LogP contribution is -2.39. The number of thioether (sulfide) groups is 1. The van der Waals surface area contributed by atoms with Crippen molar-refractivity contribution in [3.63, 3.8) is 0 Å². The summed E-state index contributed by atoms with van der Waals surface area (Å²) in [5, 5.41) is 0. The quantitative estimate of drug-likeness (QED) is 0.506. The fraction of sp³-hybridized carbons (Fsp3) is 0.533. The SMILES string of the molecule is O=C1/C(=C/c2ccco2)SC(S)N1C1CCCCCC1. The van der Waals surface area contributed by atoms with Crippen molar-refractivity contribution in [1.82, 2.24) is 4.90 Å². The predicted octanol–water partition coefficient (Wildman–Crippen LogP) is 4.13. The molecule has 1 saturated heterocycles. The van der Waals surface area contributed by atoms with Gasteiger partial charge in [-0.2, -0.15) is 0 Å². The van der Waals surface area contributed by atoms with Crippen LogP contribution in [-0.2, 0) is 4.79 Å². The van der Waals surface area contributed by atoms with E-state index in [0.717, 1.165) is 23.5 Å². The van der Waals surface area contributed by atoms with E-state index in [1.54, 1.807) is 6.26 Å². The summed E-state index contributed by atoms with van der Waals surface area (Å²) >= 11 is 6.12. The smallest absolute Gasteiger partial charge is 0.262 e. The van der Waals surface area contributed by atoms with Crippen molar-refractivity contribution >= 4 is 36.4 Å². The highest BCUT2D eigenvalue weighted by Gasteiger charge is 2.38. The number of carbonyl (C=O) groups excluding carboxylic acids is 1. The third-order valence-corrected chi connectivity index (χ3v) is 5.50. The Morgan fingerprint density at radius 2 is 2.05 bits per heavy atom. The van der Waals surface area contributed by atoms with Gasteiger partial charge in [-0.15, -0.1) is 12.6 Å². The second-order valence-corrected chi connectivity index (χ2v) is 7.29. The molecule has 0 aromatic carbocycles. The first kappa shape index (κ1) is 14.1. The Labute approximate surface area is 129 Å². The van der Waals surface area contributed by atoms with Gasteiger partial charge < -0.3 is 9.32 Å². The maximum atomic E-state index is 12.6. The molecule has 1 unspecified atom stereocenters. The molecule has 0 bridgehead atoms. The van der Waals surface area contributed by atoms with Crippen LogP contribution in [0, 0.1) is 0 Å². The molecule has 0 spiro atoms. The van der Waals surface area contributed by atoms with Crippen molar-refractivity contribution in [1.29, 1.82) is 0 Å². The largest absolute Gasteiger partial charge is 0.465 e. The van der Waals surface area contributed by atoms with Crippen LogP contribution in [0.3, 0.4) is 0 Å². The number of hydrogen-bond donors (Lipinski definition) is 1. The van der Waals surface area contributed by atoms with Gasteiger partial charge in [-0.05, 0) is 31.1 Å². The number of amides is 1. The summed E-state index contributed by atoms with van der Waals surface area (Å²) in [4.78, 5) is 15.3. The van der Waals surface area contributed by atoms with Gasteiger partial charge in [-0.3, -0.25) is 4.79 Å². The molecule has 1 aliphatic heterocycles. The highest BCUT2D eigenvalue weighted by Crippen LogP contribution is 2.41. The van der Waals surface area contributed by atoms with E-state index in [2.05, 4.69) is 12.6 Å². The van der Waals surface area contributed by atoms with E-state index in [-0.39, 0.29) is 10.6 Å². The van der Waals surface area contributed by atoms with E-state index < -0.39 is 0 Å². The molecular weight excluding hydrogens is 290 g/mol. The lowest BCUT2D eigenvalue weighted by molar-refractivity contribution is -0.127. The minimum Gasteiger partial charge on any atom is -0.465 e. The van der Waals surface area contributed by atoms with Crippen molar-refractivity contribution < 1.29 is 9.21 Å². The first-order chi connectivity index (χ1) is 9.75. The van der Waals surface area contributed by atoms with Crippen LogP contribution in [0.2, 0.25) is 0 Å². The topological polar surface area (TPSA) is 33.5 Å². The molecule has 5 heteroatoms. The van der Waals surface area contributed by atoms with E-state index in [9.17, 15) is 4.79 Å². The summed E-state index contributed by atoms with van der Waals surface area (Å²) < 4.78 is 5.23. The Bertz CT molecular complexity index is 490. The number of thiol groups is 1. The summed E-state index contributed by atoms with van der Waals surface area (Å²) in [6.07, 6.45) is 10.7. The van der Waals surface area contributed by atoms with Crippen molar-refractivity contribution in [2.24, 2.45) is 0 Å². The van der Waals surface area contributed by atoms with Crippen LogP contribution in [0.1, 0.15) is 44.3 Å². The van der Waals surface area contributed by atoms with Crippen LogP contribution in [-0.4, -0.2) is 21.6 Å². The molecule has 3 rings (SSSR count). The summed E-state index contributed by atoms with van der Waals surface area (Å²) in [5.74, 6) is 0.836. The molecule has 2 fully saturated rings. The summed E-state index contributed by atoms with van der Waals surface area (Å²) in [5.41, 5.74) is 0. The Hall–Kier alpha value is -0.810. The van der Waals surface area contributed by atoms with E-state index in [1.807, 2.05) is 23.1 Å². The Morgan fingerprint density at radius 1 is 1.30 bits per heavy atom. The fourth-order valence-electron chi connectivity index (χ4n) is 2.93. The zero-order valence-corrected chi connectivity index (χ0v) is 13.0. The zero-order valence-electron chi connectivity index (χ0n) is 11.3. The first-order valence-electron chi connectivity index (χ1n) is 7.18. The number of rotatable bonds is 2. The molecule has 2 heterocycles. The standard InChI is InChI=1S/C15H19NO2S2/c17-14-13(10-12-8-5-9-18-12)20-15(19)16(14)11-6-3-1-2-4-7-11/h5,8-11,15,19H,1-4,6-7H2/b13-10-. The Morgan fingerprint density at radius 3 is 2.70 bits per heavy atom. The maximum absolute atomic E-state index is 12.6. The van der Waals surface area contributed by atoms with Crippen molar-refractivity contribution in [3.8, 4) is 0 Å². The second-order valence-electron chi connectivity index (χ2n) is 5.33. The zero-order chi connectivity index (χ0) is 13.9. The van der Waals surface area contributed by atoms with Gasteiger partial charge in [-0.25, -0.2) is 0 Å². The number of hydrogen-bond acceptors (Lipinski definition) is 4. The maximum Gasteiger partial charge on any atom is 0.262 e. The monoisotopic (exact) mass is 309 g/mol. The summed E-state index contributed by atoms with van der Waals surface area (Å²) in [7, 11) is 0. The first-order valence-corrected chi connectivity index (χ1v) is 8.58. The van der Waals surface area contributed by atoms with Crippen molar-refractivity contribution in [2.75, 3.05) is 0 Å². The van der Waals surface area contributed by atoms with E-state index in [0.29, 0.717) is 6.04 Å². The highest BCUT2D eigenvalue weighted by molar-refractivity contribution is 8.14. The van der Waals surface area contributed by atoms with Crippen LogP contribution < -0.4 is 0 Å². The average molecular weight is 309 g/mol. The molecule has 1 aromatic rings. The third kappa shape index (κ3) is 2.93. The average Bonchev–Trinajstić information content (AvgIpc) is 2.92. The van der Waals surface area contributed by atoms with E-state index >= 15 is 0 Å². The van der Waals surface area contributed by atoms with Gasteiger partial charge in [0.25, 0.3) is 5.91 Å². The minimum absolute atomic E-state index is 0.0631. The van der Waals surface area contributed by atoms with Gasteiger partial charge in [0, 0.05) is 6.04 Å². The lowest BCUT2D eigenvalue weighted by Gasteiger charge is -2.29. The van der Waals surface area contributed by atoms with Crippen LogP contribution in [0.15, 0.2) is 27.7 Å². The lowest BCUT2D eigenvalue weighted by atomic mass is 10.1. The van der Waals surface area contributed by atoms with Gasteiger partial charge in [0.2, 0.25) is 0 Å². The molecule has 108 valence electrons. The van der Waals surface area contributed by atoms with Crippen LogP contribution in [0.5, 0.6) is 0 Å². The Balaban J connectivity index is 1.77. The molecule has 0 radical (unpaired) electrons. The molecule has 0 N–H and O–H groups in total. The predicted molar refractivity (Wildman–Crippen MR) is 85.4 cm³/mol. The second kappa shape index (κ2) is 6.31. The third-order valence-electron chi connectivity index (χ3n) is 3.95. The summed E-state index contributed by atoms with van der Waals surface area (Å²) in [6.45, 7) is 0. The van der Waals surface area contributed by atoms with E-state index in [1.165, 1.54) is 37.4 Å².